The molecular formula is C12H18N2O2. The van der Waals surface area contributed by atoms with Crippen LogP contribution < -0.4 is 11.1 Å². The molecule has 1 aromatic rings. The minimum Gasteiger partial charge on any atom is -0.464 e. The van der Waals surface area contributed by atoms with E-state index >= 15 is 0 Å². The average molecular weight is 222 g/mol. The second kappa shape index (κ2) is 6.00. The maximum absolute atomic E-state index is 11.5. The third-order valence-electron chi connectivity index (χ3n) is 2.23. The van der Waals surface area contributed by atoms with E-state index in [9.17, 15) is 4.79 Å². The third kappa shape index (κ3) is 3.46. The Labute approximate surface area is 95.8 Å². The molecule has 0 aromatic heterocycles. The Morgan fingerprint density at radius 2 is 2.00 bits per heavy atom. The Bertz CT molecular complexity index is 335. The molecule has 1 unspecified atom stereocenters. The van der Waals surface area contributed by atoms with Gasteiger partial charge in [0.1, 0.15) is 6.04 Å². The van der Waals surface area contributed by atoms with E-state index in [1.165, 1.54) is 0 Å². The van der Waals surface area contributed by atoms with Gasteiger partial charge in [-0.1, -0.05) is 6.92 Å². The maximum atomic E-state index is 11.5. The second-order valence-electron chi connectivity index (χ2n) is 3.48. The van der Waals surface area contributed by atoms with Crippen LogP contribution in [0.15, 0.2) is 24.3 Å². The lowest BCUT2D eigenvalue weighted by molar-refractivity contribution is -0.144. The van der Waals surface area contributed by atoms with Crippen LogP contribution >= 0.6 is 0 Å². The van der Waals surface area contributed by atoms with Gasteiger partial charge in [0, 0.05) is 11.4 Å². The highest BCUT2D eigenvalue weighted by atomic mass is 16.5. The number of ether oxygens (including phenoxy) is 1. The lowest BCUT2D eigenvalue weighted by atomic mass is 10.2. The molecule has 3 N–H and O–H groups in total. The summed E-state index contributed by atoms with van der Waals surface area (Å²) in [5, 5.41) is 3.11. The lowest BCUT2D eigenvalue weighted by Gasteiger charge is -2.16. The van der Waals surface area contributed by atoms with Gasteiger partial charge in [0.15, 0.2) is 0 Å². The number of hydrogen-bond donors (Lipinski definition) is 2. The lowest BCUT2D eigenvalue weighted by Crippen LogP contribution is -2.30. The summed E-state index contributed by atoms with van der Waals surface area (Å²) in [5.74, 6) is -0.221. The molecule has 0 aliphatic carbocycles. The van der Waals surface area contributed by atoms with Crippen LogP contribution in [0.1, 0.15) is 20.3 Å². The van der Waals surface area contributed by atoms with Gasteiger partial charge in [-0.25, -0.2) is 4.79 Å². The van der Waals surface area contributed by atoms with Gasteiger partial charge in [0.25, 0.3) is 0 Å². The molecule has 0 spiro atoms. The van der Waals surface area contributed by atoms with Crippen LogP contribution in [-0.4, -0.2) is 18.6 Å². The predicted octanol–water partition coefficient (Wildman–Crippen LogP) is 2.02. The summed E-state index contributed by atoms with van der Waals surface area (Å²) in [6, 6.07) is 6.97. The minimum absolute atomic E-state index is 0.221. The summed E-state index contributed by atoms with van der Waals surface area (Å²) in [6.07, 6.45) is 0.684. The molecule has 0 amide bonds. The Morgan fingerprint density at radius 1 is 1.38 bits per heavy atom. The van der Waals surface area contributed by atoms with Gasteiger partial charge in [-0.05, 0) is 37.6 Å². The quantitative estimate of drug-likeness (QED) is 0.591. The van der Waals surface area contributed by atoms with E-state index in [-0.39, 0.29) is 12.0 Å². The summed E-state index contributed by atoms with van der Waals surface area (Å²) in [4.78, 5) is 11.5. The highest BCUT2D eigenvalue weighted by Gasteiger charge is 2.16. The van der Waals surface area contributed by atoms with Gasteiger partial charge in [-0.3, -0.25) is 0 Å². The van der Waals surface area contributed by atoms with Crippen LogP contribution in [0.5, 0.6) is 0 Å². The molecule has 0 heterocycles. The van der Waals surface area contributed by atoms with Crippen LogP contribution in [0, 0.1) is 0 Å². The molecule has 0 radical (unpaired) electrons. The zero-order chi connectivity index (χ0) is 12.0. The second-order valence-corrected chi connectivity index (χ2v) is 3.48. The Balaban J connectivity index is 2.62. The third-order valence-corrected chi connectivity index (χ3v) is 2.23. The summed E-state index contributed by atoms with van der Waals surface area (Å²) in [5.41, 5.74) is 7.15. The monoisotopic (exact) mass is 222 g/mol. The van der Waals surface area contributed by atoms with E-state index in [1.807, 2.05) is 19.1 Å². The maximum Gasteiger partial charge on any atom is 0.328 e. The smallest absolute Gasteiger partial charge is 0.328 e. The molecule has 0 aliphatic rings. The van der Waals surface area contributed by atoms with Gasteiger partial charge in [-0.15, -0.1) is 0 Å². The fourth-order valence-electron chi connectivity index (χ4n) is 1.35. The fraction of sp³-hybridized carbons (Fsp3) is 0.417. The van der Waals surface area contributed by atoms with E-state index in [1.54, 1.807) is 19.1 Å². The van der Waals surface area contributed by atoms with E-state index in [4.69, 9.17) is 10.5 Å². The zero-order valence-electron chi connectivity index (χ0n) is 9.69. The molecule has 4 nitrogen and oxygen atoms in total. The van der Waals surface area contributed by atoms with Crippen molar-refractivity contribution in [3.8, 4) is 0 Å². The molecule has 0 bridgehead atoms. The van der Waals surface area contributed by atoms with Crippen molar-refractivity contribution in [3.05, 3.63) is 24.3 Å². The Hall–Kier alpha value is -1.71. The van der Waals surface area contributed by atoms with E-state index in [0.29, 0.717) is 18.7 Å². The molecule has 1 aromatic carbocycles. The average Bonchev–Trinajstić information content (AvgIpc) is 2.28. The van der Waals surface area contributed by atoms with Crippen molar-refractivity contribution in [2.75, 3.05) is 17.7 Å². The first-order valence-corrected chi connectivity index (χ1v) is 5.46. The zero-order valence-corrected chi connectivity index (χ0v) is 9.69. The molecule has 0 saturated carbocycles. The van der Waals surface area contributed by atoms with Gasteiger partial charge in [0.05, 0.1) is 6.61 Å². The predicted molar refractivity (Wildman–Crippen MR) is 65.2 cm³/mol. The SMILES string of the molecule is CCOC(=O)C(CC)Nc1ccc(N)cc1. The molecule has 0 fully saturated rings. The summed E-state index contributed by atoms with van der Waals surface area (Å²) in [6.45, 7) is 4.14. The fourth-order valence-corrected chi connectivity index (χ4v) is 1.35. The van der Waals surface area contributed by atoms with Crippen molar-refractivity contribution in [3.63, 3.8) is 0 Å². The van der Waals surface area contributed by atoms with Gasteiger partial charge < -0.3 is 15.8 Å². The molecule has 1 atom stereocenters. The molecule has 88 valence electrons. The number of rotatable bonds is 5. The molecule has 16 heavy (non-hydrogen) atoms. The van der Waals surface area contributed by atoms with Crippen molar-refractivity contribution >= 4 is 17.3 Å². The summed E-state index contributed by atoms with van der Waals surface area (Å²) >= 11 is 0. The Kier molecular flexibility index (Phi) is 4.64. The molecule has 0 saturated heterocycles. The van der Waals surface area contributed by atoms with Crippen LogP contribution in [0.2, 0.25) is 0 Å². The first kappa shape index (κ1) is 12.4. The van der Waals surface area contributed by atoms with Crippen molar-refractivity contribution in [2.24, 2.45) is 0 Å². The number of carbonyl (C=O) groups excluding carboxylic acids is 1. The van der Waals surface area contributed by atoms with E-state index in [0.717, 1.165) is 5.69 Å². The number of anilines is 2. The number of nitrogens with two attached hydrogens (primary N) is 1. The number of nitrogen functional groups attached to an aromatic ring is 1. The number of carbonyl (C=O) groups is 1. The van der Waals surface area contributed by atoms with Crippen molar-refractivity contribution in [1.29, 1.82) is 0 Å². The highest BCUT2D eigenvalue weighted by Crippen LogP contribution is 2.13. The van der Waals surface area contributed by atoms with Crippen LogP contribution in [-0.2, 0) is 9.53 Å². The number of benzene rings is 1. The first-order chi connectivity index (χ1) is 7.67. The van der Waals surface area contributed by atoms with Crippen molar-refractivity contribution in [2.45, 2.75) is 26.3 Å². The van der Waals surface area contributed by atoms with E-state index < -0.39 is 0 Å². The number of nitrogens with one attached hydrogen (secondary N) is 1. The van der Waals surface area contributed by atoms with Gasteiger partial charge >= 0.3 is 5.97 Å². The molecule has 1 rings (SSSR count). The summed E-state index contributed by atoms with van der Waals surface area (Å²) in [7, 11) is 0. The normalized spacial score (nSPS) is 11.9. The van der Waals surface area contributed by atoms with Gasteiger partial charge in [0.2, 0.25) is 0 Å². The summed E-state index contributed by atoms with van der Waals surface area (Å²) < 4.78 is 4.96. The van der Waals surface area contributed by atoms with Gasteiger partial charge in [-0.2, -0.15) is 0 Å². The van der Waals surface area contributed by atoms with Crippen molar-refractivity contribution < 1.29 is 9.53 Å². The molecule has 4 heteroatoms. The number of esters is 1. The molecular weight excluding hydrogens is 204 g/mol. The Morgan fingerprint density at radius 3 is 2.50 bits per heavy atom. The largest absolute Gasteiger partial charge is 0.464 e. The van der Waals surface area contributed by atoms with E-state index in [2.05, 4.69) is 5.32 Å². The van der Waals surface area contributed by atoms with Crippen LogP contribution in [0.4, 0.5) is 11.4 Å². The standard InChI is InChI=1S/C12H18N2O2/c1-3-11(12(15)16-4-2)14-10-7-5-9(13)6-8-10/h5-8,11,14H,3-4,13H2,1-2H3. The minimum atomic E-state index is -0.302. The van der Waals surface area contributed by atoms with Crippen molar-refractivity contribution in [1.82, 2.24) is 0 Å². The topological polar surface area (TPSA) is 64.3 Å². The first-order valence-electron chi connectivity index (χ1n) is 5.46. The van der Waals surface area contributed by atoms with Crippen LogP contribution in [0.25, 0.3) is 0 Å². The highest BCUT2D eigenvalue weighted by molar-refractivity contribution is 5.79. The molecule has 0 aliphatic heterocycles. The van der Waals surface area contributed by atoms with Crippen LogP contribution in [0.3, 0.4) is 0 Å². The number of hydrogen-bond acceptors (Lipinski definition) is 4.